The Labute approximate surface area is 178 Å². The van der Waals surface area contributed by atoms with Crippen LogP contribution in [-0.2, 0) is 5.41 Å². The number of fused-ring (bicyclic) bond motifs is 1. The summed E-state index contributed by atoms with van der Waals surface area (Å²) < 4.78 is 10.2. The first kappa shape index (κ1) is 21.8. The molecule has 0 bridgehead atoms. The van der Waals surface area contributed by atoms with Crippen LogP contribution >= 0.6 is 0 Å². The van der Waals surface area contributed by atoms with Gasteiger partial charge in [0.05, 0.1) is 30.7 Å². The number of H-pyrrole nitrogens is 1. The minimum absolute atomic E-state index is 0.142. The lowest BCUT2D eigenvalue weighted by Gasteiger charge is -2.21. The molecule has 31 heavy (non-hydrogen) atoms. The molecule has 0 unspecified atom stereocenters. The number of aromatic amines is 1. The molecule has 1 aromatic heterocycles. The van der Waals surface area contributed by atoms with Crippen LogP contribution in [0.15, 0.2) is 41.2 Å². The van der Waals surface area contributed by atoms with Crippen molar-refractivity contribution < 1.29 is 19.2 Å². The van der Waals surface area contributed by atoms with Crippen LogP contribution in [0.25, 0.3) is 10.9 Å². The van der Waals surface area contributed by atoms with Crippen LogP contribution in [0.1, 0.15) is 36.7 Å². The van der Waals surface area contributed by atoms with Gasteiger partial charge in [0.2, 0.25) is 5.56 Å². The van der Waals surface area contributed by atoms with E-state index < -0.39 is 16.5 Å². The SMILES string of the molecule is COc1cc(C(=O)Nc2ccc3c(C(C)(C)C)cc(=O)[nH]c3c2)c([N+](=O)[O-])cc1OC. The van der Waals surface area contributed by atoms with E-state index in [0.717, 1.165) is 17.0 Å². The van der Waals surface area contributed by atoms with Crippen molar-refractivity contribution >= 4 is 28.2 Å². The van der Waals surface area contributed by atoms with Gasteiger partial charge in [0, 0.05) is 23.2 Å². The Morgan fingerprint density at radius 2 is 1.71 bits per heavy atom. The molecule has 9 heteroatoms. The van der Waals surface area contributed by atoms with Crippen molar-refractivity contribution in [2.75, 3.05) is 19.5 Å². The summed E-state index contributed by atoms with van der Waals surface area (Å²) >= 11 is 0. The van der Waals surface area contributed by atoms with Crippen molar-refractivity contribution in [2.45, 2.75) is 26.2 Å². The van der Waals surface area contributed by atoms with Gasteiger partial charge in [-0.2, -0.15) is 0 Å². The van der Waals surface area contributed by atoms with Gasteiger partial charge in [-0.25, -0.2) is 0 Å². The van der Waals surface area contributed by atoms with Crippen molar-refractivity contribution in [3.63, 3.8) is 0 Å². The summed E-state index contributed by atoms with van der Waals surface area (Å²) in [4.78, 5) is 38.5. The van der Waals surface area contributed by atoms with Gasteiger partial charge < -0.3 is 19.8 Å². The van der Waals surface area contributed by atoms with Gasteiger partial charge in [0.1, 0.15) is 5.56 Å². The summed E-state index contributed by atoms with van der Waals surface area (Å²) in [5.74, 6) is -0.360. The molecule has 0 spiro atoms. The van der Waals surface area contributed by atoms with Crippen LogP contribution in [0.2, 0.25) is 0 Å². The zero-order chi connectivity index (χ0) is 22.9. The van der Waals surface area contributed by atoms with E-state index in [1.807, 2.05) is 20.8 Å². The summed E-state index contributed by atoms with van der Waals surface area (Å²) in [5.41, 5.74) is 0.702. The molecule has 0 aliphatic carbocycles. The lowest BCUT2D eigenvalue weighted by molar-refractivity contribution is -0.385. The Bertz CT molecular complexity index is 1240. The van der Waals surface area contributed by atoms with Crippen LogP contribution in [0.5, 0.6) is 11.5 Å². The van der Waals surface area contributed by atoms with E-state index in [2.05, 4.69) is 10.3 Å². The lowest BCUT2D eigenvalue weighted by atomic mass is 9.85. The number of nitro benzene ring substituents is 1. The van der Waals surface area contributed by atoms with Crippen molar-refractivity contribution in [1.82, 2.24) is 4.98 Å². The maximum Gasteiger partial charge on any atom is 0.286 e. The smallest absolute Gasteiger partial charge is 0.286 e. The fourth-order valence-electron chi connectivity index (χ4n) is 3.36. The second-order valence-electron chi connectivity index (χ2n) is 7.99. The topological polar surface area (TPSA) is 124 Å². The molecule has 3 aromatic rings. The van der Waals surface area contributed by atoms with Crippen LogP contribution in [-0.4, -0.2) is 30.0 Å². The molecule has 2 N–H and O–H groups in total. The third-order valence-corrected chi connectivity index (χ3v) is 4.85. The first-order valence-corrected chi connectivity index (χ1v) is 9.44. The summed E-state index contributed by atoms with van der Waals surface area (Å²) in [6.07, 6.45) is 0. The average Bonchev–Trinajstić information content (AvgIpc) is 2.70. The number of pyridine rings is 1. The first-order valence-electron chi connectivity index (χ1n) is 9.44. The number of benzene rings is 2. The number of amides is 1. The molecule has 0 aliphatic heterocycles. The third kappa shape index (κ3) is 4.35. The zero-order valence-corrected chi connectivity index (χ0v) is 17.9. The number of nitro groups is 1. The lowest BCUT2D eigenvalue weighted by Crippen LogP contribution is -2.18. The Kier molecular flexibility index (Phi) is 5.70. The normalized spacial score (nSPS) is 11.3. The fraction of sp³-hybridized carbons (Fsp3) is 0.273. The number of nitrogens with one attached hydrogen (secondary N) is 2. The van der Waals surface area contributed by atoms with Gasteiger partial charge >= 0.3 is 0 Å². The van der Waals surface area contributed by atoms with Gasteiger partial charge in [-0.15, -0.1) is 0 Å². The molecule has 3 rings (SSSR count). The number of rotatable bonds is 5. The zero-order valence-electron chi connectivity index (χ0n) is 17.9. The Balaban J connectivity index is 2.04. The van der Waals surface area contributed by atoms with E-state index in [4.69, 9.17) is 9.47 Å². The Morgan fingerprint density at radius 1 is 1.06 bits per heavy atom. The number of carbonyl (C=O) groups excluding carboxylic acids is 1. The monoisotopic (exact) mass is 425 g/mol. The standard InChI is InChI=1S/C22H23N3O6/c1-22(2,3)15-10-20(26)24-16-8-12(6-7-13(15)16)23-21(27)14-9-18(30-4)19(31-5)11-17(14)25(28)29/h6-11H,1-5H3,(H,23,27)(H,24,26). The van der Waals surface area contributed by atoms with E-state index >= 15 is 0 Å². The second kappa shape index (κ2) is 8.10. The van der Waals surface area contributed by atoms with E-state index in [1.165, 1.54) is 20.3 Å². The Hall–Kier alpha value is -3.88. The number of hydrogen-bond acceptors (Lipinski definition) is 6. The number of anilines is 1. The number of ether oxygens (including phenoxy) is 2. The van der Waals surface area contributed by atoms with E-state index in [0.29, 0.717) is 11.2 Å². The largest absolute Gasteiger partial charge is 0.493 e. The highest BCUT2D eigenvalue weighted by molar-refractivity contribution is 6.08. The third-order valence-electron chi connectivity index (χ3n) is 4.85. The summed E-state index contributed by atoms with van der Waals surface area (Å²) in [6.45, 7) is 6.02. The highest BCUT2D eigenvalue weighted by Gasteiger charge is 2.25. The molecular weight excluding hydrogens is 402 g/mol. The van der Waals surface area contributed by atoms with Crippen LogP contribution in [0, 0.1) is 10.1 Å². The molecule has 9 nitrogen and oxygen atoms in total. The van der Waals surface area contributed by atoms with Crippen molar-refractivity contribution in [2.24, 2.45) is 0 Å². The minimum Gasteiger partial charge on any atom is -0.493 e. The van der Waals surface area contributed by atoms with Gasteiger partial charge in [0.15, 0.2) is 11.5 Å². The summed E-state index contributed by atoms with van der Waals surface area (Å²) in [6, 6.07) is 9.06. The minimum atomic E-state index is -0.693. The predicted molar refractivity (Wildman–Crippen MR) is 117 cm³/mol. The van der Waals surface area contributed by atoms with E-state index in [1.54, 1.807) is 24.3 Å². The second-order valence-corrected chi connectivity index (χ2v) is 7.99. The number of hydrogen-bond donors (Lipinski definition) is 2. The number of carbonyl (C=O) groups is 1. The molecule has 1 heterocycles. The highest BCUT2D eigenvalue weighted by atomic mass is 16.6. The average molecular weight is 425 g/mol. The van der Waals surface area contributed by atoms with Crippen LogP contribution in [0.4, 0.5) is 11.4 Å². The van der Waals surface area contributed by atoms with Crippen molar-refractivity contribution in [3.05, 3.63) is 68.0 Å². The van der Waals surface area contributed by atoms with E-state index in [-0.39, 0.29) is 28.0 Å². The number of nitrogens with zero attached hydrogens (tertiary/aromatic N) is 1. The fourth-order valence-corrected chi connectivity index (χ4v) is 3.36. The molecule has 0 fully saturated rings. The van der Waals surface area contributed by atoms with Crippen LogP contribution < -0.4 is 20.3 Å². The van der Waals surface area contributed by atoms with Gasteiger partial charge in [0.25, 0.3) is 11.6 Å². The summed E-state index contributed by atoms with van der Waals surface area (Å²) in [7, 11) is 2.72. The van der Waals surface area contributed by atoms with E-state index in [9.17, 15) is 19.7 Å². The number of aromatic nitrogens is 1. The van der Waals surface area contributed by atoms with Gasteiger partial charge in [-0.3, -0.25) is 19.7 Å². The van der Waals surface area contributed by atoms with Crippen LogP contribution in [0.3, 0.4) is 0 Å². The highest BCUT2D eigenvalue weighted by Crippen LogP contribution is 2.35. The first-order chi connectivity index (χ1) is 14.5. The molecule has 1 amide bonds. The Morgan fingerprint density at radius 3 is 2.29 bits per heavy atom. The molecule has 2 aromatic carbocycles. The molecular formula is C22H23N3O6. The predicted octanol–water partition coefficient (Wildman–Crippen LogP) is 4.00. The molecule has 0 radical (unpaired) electrons. The molecule has 0 saturated carbocycles. The van der Waals surface area contributed by atoms with Crippen molar-refractivity contribution in [1.29, 1.82) is 0 Å². The summed E-state index contributed by atoms with van der Waals surface area (Å²) in [5, 5.41) is 15.0. The molecule has 0 atom stereocenters. The van der Waals surface area contributed by atoms with Crippen molar-refractivity contribution in [3.8, 4) is 11.5 Å². The molecule has 0 aliphatic rings. The molecule has 0 saturated heterocycles. The maximum absolute atomic E-state index is 12.9. The molecule has 162 valence electrons. The quantitative estimate of drug-likeness (QED) is 0.470. The van der Waals surface area contributed by atoms with Gasteiger partial charge in [-0.05, 0) is 23.1 Å². The maximum atomic E-state index is 12.9. The van der Waals surface area contributed by atoms with Gasteiger partial charge in [-0.1, -0.05) is 26.8 Å². The number of methoxy groups -OCH3 is 2.